The summed E-state index contributed by atoms with van der Waals surface area (Å²) < 4.78 is 5.63. The second-order valence-corrected chi connectivity index (χ2v) is 5.85. The van der Waals surface area contributed by atoms with Gasteiger partial charge >= 0.3 is 5.97 Å². The van der Waals surface area contributed by atoms with Gasteiger partial charge in [0.15, 0.2) is 0 Å². The number of amides is 1. The van der Waals surface area contributed by atoms with Gasteiger partial charge in [-0.1, -0.05) is 6.07 Å². The van der Waals surface area contributed by atoms with E-state index in [1.165, 1.54) is 0 Å². The van der Waals surface area contributed by atoms with Crippen LogP contribution < -0.4 is 10.6 Å². The van der Waals surface area contributed by atoms with Crippen molar-refractivity contribution in [2.45, 2.75) is 25.0 Å². The molecule has 24 heavy (non-hydrogen) atoms. The topological polar surface area (TPSA) is 104 Å². The number of hydrogen-bond donors (Lipinski definition) is 3. The molecular formula is C16H24N4O4. The van der Waals surface area contributed by atoms with Crippen molar-refractivity contribution in [3.63, 3.8) is 0 Å². The van der Waals surface area contributed by atoms with Crippen LogP contribution in [-0.4, -0.2) is 72.3 Å². The Bertz CT molecular complexity index is 540. The maximum Gasteiger partial charge on any atom is 0.305 e. The first-order valence-electron chi connectivity index (χ1n) is 8.00. The number of carboxylic acids is 1. The van der Waals surface area contributed by atoms with Crippen molar-refractivity contribution < 1.29 is 19.4 Å². The van der Waals surface area contributed by atoms with Gasteiger partial charge in [0, 0.05) is 31.9 Å². The molecule has 1 saturated heterocycles. The molecule has 2 unspecified atom stereocenters. The molecule has 8 heteroatoms. The molecule has 0 radical (unpaired) electrons. The summed E-state index contributed by atoms with van der Waals surface area (Å²) in [5.41, 5.74) is 0. The lowest BCUT2D eigenvalue weighted by Crippen LogP contribution is -2.32. The summed E-state index contributed by atoms with van der Waals surface area (Å²) in [5.74, 6) is -0.376. The van der Waals surface area contributed by atoms with Crippen molar-refractivity contribution in [1.29, 1.82) is 0 Å². The predicted octanol–water partition coefficient (Wildman–Crippen LogP) is 0.174. The normalized spacial score (nSPS) is 20.7. The van der Waals surface area contributed by atoms with E-state index in [0.29, 0.717) is 6.04 Å². The zero-order valence-electron chi connectivity index (χ0n) is 13.8. The first-order valence-corrected chi connectivity index (χ1v) is 8.00. The molecular weight excluding hydrogens is 312 g/mol. The number of hydrogen-bond acceptors (Lipinski definition) is 6. The summed E-state index contributed by atoms with van der Waals surface area (Å²) in [6, 6.07) is 6.04. The van der Waals surface area contributed by atoms with Gasteiger partial charge in [-0.3, -0.25) is 14.5 Å². The van der Waals surface area contributed by atoms with Crippen LogP contribution in [0.15, 0.2) is 24.4 Å². The number of carbonyl (C=O) groups excluding carboxylic acids is 1. The molecule has 3 N–H and O–H groups in total. The van der Waals surface area contributed by atoms with Gasteiger partial charge in [-0.2, -0.15) is 0 Å². The fourth-order valence-electron chi connectivity index (χ4n) is 2.63. The number of likely N-dealkylation sites (N-methyl/N-ethyl adjacent to an activating group) is 1. The van der Waals surface area contributed by atoms with Crippen molar-refractivity contribution in [3.8, 4) is 0 Å². The molecule has 1 aliphatic heterocycles. The van der Waals surface area contributed by atoms with Crippen molar-refractivity contribution in [3.05, 3.63) is 24.4 Å². The summed E-state index contributed by atoms with van der Waals surface area (Å²) in [4.78, 5) is 28.4. The van der Waals surface area contributed by atoms with Crippen LogP contribution >= 0.6 is 0 Å². The van der Waals surface area contributed by atoms with Gasteiger partial charge < -0.3 is 20.5 Å². The van der Waals surface area contributed by atoms with Crippen LogP contribution in [0.3, 0.4) is 0 Å². The number of nitrogens with one attached hydrogen (secondary N) is 2. The van der Waals surface area contributed by atoms with Crippen molar-refractivity contribution in [1.82, 2.24) is 15.2 Å². The number of carbonyl (C=O) groups is 2. The second kappa shape index (κ2) is 9.19. The van der Waals surface area contributed by atoms with E-state index in [4.69, 9.17) is 9.84 Å². The first kappa shape index (κ1) is 18.2. The largest absolute Gasteiger partial charge is 0.481 e. The van der Waals surface area contributed by atoms with Crippen LogP contribution in [0.25, 0.3) is 0 Å². The van der Waals surface area contributed by atoms with Crippen molar-refractivity contribution in [2.24, 2.45) is 0 Å². The summed E-state index contributed by atoms with van der Waals surface area (Å²) >= 11 is 0. The monoisotopic (exact) mass is 336 g/mol. The minimum absolute atomic E-state index is 0.00393. The van der Waals surface area contributed by atoms with Crippen molar-refractivity contribution in [2.75, 3.05) is 38.6 Å². The van der Waals surface area contributed by atoms with E-state index in [0.717, 1.165) is 25.3 Å². The lowest BCUT2D eigenvalue weighted by atomic mass is 10.2. The van der Waals surface area contributed by atoms with Crippen LogP contribution in [-0.2, 0) is 14.3 Å². The average molecular weight is 336 g/mol. The summed E-state index contributed by atoms with van der Waals surface area (Å²) in [6.45, 7) is 1.60. The van der Waals surface area contributed by atoms with E-state index < -0.39 is 5.97 Å². The van der Waals surface area contributed by atoms with Gasteiger partial charge in [0.2, 0.25) is 5.91 Å². The van der Waals surface area contributed by atoms with Crippen LogP contribution in [0, 0.1) is 0 Å². The fourth-order valence-corrected chi connectivity index (χ4v) is 2.63. The fraction of sp³-hybridized carbons (Fsp3) is 0.562. The lowest BCUT2D eigenvalue weighted by Gasteiger charge is -2.19. The quantitative estimate of drug-likeness (QED) is 0.591. The highest BCUT2D eigenvalue weighted by molar-refractivity contribution is 5.77. The van der Waals surface area contributed by atoms with Gasteiger partial charge in [-0.25, -0.2) is 4.98 Å². The number of carboxylic acid groups (broad SMARTS) is 1. The molecule has 2 rings (SSSR count). The minimum Gasteiger partial charge on any atom is -0.481 e. The van der Waals surface area contributed by atoms with Gasteiger partial charge in [0.25, 0.3) is 0 Å². The number of ether oxygens (including phenoxy) is 1. The number of aromatic nitrogens is 1. The molecule has 1 aliphatic rings. The highest BCUT2D eigenvalue weighted by Crippen LogP contribution is 2.19. The van der Waals surface area contributed by atoms with Gasteiger partial charge in [0.05, 0.1) is 12.5 Å². The molecule has 2 heterocycles. The molecule has 1 amide bonds. The Morgan fingerprint density at radius 1 is 1.46 bits per heavy atom. The number of aliphatic carboxylic acids is 1. The number of pyridine rings is 1. The average Bonchev–Trinajstić information content (AvgIpc) is 2.92. The number of likely N-dealkylation sites (tertiary alicyclic amines) is 1. The Labute approximate surface area is 141 Å². The van der Waals surface area contributed by atoms with Crippen LogP contribution in [0.2, 0.25) is 0 Å². The highest BCUT2D eigenvalue weighted by Gasteiger charge is 2.30. The molecule has 132 valence electrons. The smallest absolute Gasteiger partial charge is 0.305 e. The highest BCUT2D eigenvalue weighted by atomic mass is 16.5. The SMILES string of the molecule is CN1CC(OCC(=O)NCCC(=O)O)CC1CNc1ccccn1. The van der Waals surface area contributed by atoms with E-state index in [9.17, 15) is 9.59 Å². The Hall–Kier alpha value is -2.19. The van der Waals surface area contributed by atoms with E-state index in [1.54, 1.807) is 6.20 Å². The molecule has 1 aromatic rings. The number of rotatable bonds is 9. The van der Waals surface area contributed by atoms with E-state index in [1.807, 2.05) is 25.2 Å². The van der Waals surface area contributed by atoms with Gasteiger partial charge in [-0.15, -0.1) is 0 Å². The number of anilines is 1. The van der Waals surface area contributed by atoms with Gasteiger partial charge in [-0.05, 0) is 25.6 Å². The molecule has 1 fully saturated rings. The van der Waals surface area contributed by atoms with Crippen LogP contribution in [0.5, 0.6) is 0 Å². The zero-order valence-corrected chi connectivity index (χ0v) is 13.8. The third-order valence-corrected chi connectivity index (χ3v) is 3.94. The molecule has 0 aromatic carbocycles. The summed E-state index contributed by atoms with van der Waals surface area (Å²) in [6.07, 6.45) is 2.49. The van der Waals surface area contributed by atoms with Crippen LogP contribution in [0.4, 0.5) is 5.82 Å². The van der Waals surface area contributed by atoms with E-state index in [-0.39, 0.29) is 31.6 Å². The predicted molar refractivity (Wildman–Crippen MR) is 88.8 cm³/mol. The Balaban J connectivity index is 1.65. The minimum atomic E-state index is -0.933. The standard InChI is InChI=1S/C16H24N4O4/c1-20-10-13(24-11-15(21)18-7-5-16(22)23)8-12(20)9-19-14-4-2-3-6-17-14/h2-4,6,12-13H,5,7-11H2,1H3,(H,17,19)(H,18,21)(H,22,23). The third-order valence-electron chi connectivity index (χ3n) is 3.94. The molecule has 0 aliphatic carbocycles. The maximum absolute atomic E-state index is 11.6. The number of nitrogens with zero attached hydrogens (tertiary/aromatic N) is 2. The Morgan fingerprint density at radius 3 is 3.00 bits per heavy atom. The summed E-state index contributed by atoms with van der Waals surface area (Å²) in [5, 5.41) is 14.3. The maximum atomic E-state index is 11.6. The first-order chi connectivity index (χ1) is 11.5. The summed E-state index contributed by atoms with van der Waals surface area (Å²) in [7, 11) is 2.03. The zero-order chi connectivity index (χ0) is 17.4. The Kier molecular flexibility index (Phi) is 6.95. The molecule has 0 saturated carbocycles. The molecule has 0 spiro atoms. The third kappa shape index (κ3) is 6.13. The molecule has 0 bridgehead atoms. The molecule has 2 atom stereocenters. The van der Waals surface area contributed by atoms with Gasteiger partial charge in [0.1, 0.15) is 12.4 Å². The lowest BCUT2D eigenvalue weighted by molar-refractivity contribution is -0.137. The Morgan fingerprint density at radius 2 is 2.29 bits per heavy atom. The molecule has 8 nitrogen and oxygen atoms in total. The van der Waals surface area contributed by atoms with E-state index in [2.05, 4.69) is 20.5 Å². The second-order valence-electron chi connectivity index (χ2n) is 5.85. The van der Waals surface area contributed by atoms with Crippen molar-refractivity contribution >= 4 is 17.7 Å². The molecule has 1 aromatic heterocycles. The van der Waals surface area contributed by atoms with E-state index >= 15 is 0 Å². The van der Waals surface area contributed by atoms with Crippen LogP contribution in [0.1, 0.15) is 12.8 Å².